The van der Waals surface area contributed by atoms with E-state index in [4.69, 9.17) is 9.15 Å². The van der Waals surface area contributed by atoms with Crippen LogP contribution in [-0.2, 0) is 9.53 Å². The molecule has 0 aromatic carbocycles. The Morgan fingerprint density at radius 1 is 1.50 bits per heavy atom. The van der Waals surface area contributed by atoms with Crippen LogP contribution in [0.4, 0.5) is 0 Å². The summed E-state index contributed by atoms with van der Waals surface area (Å²) in [6, 6.07) is 0. The number of aliphatic hydroxyl groups is 1. The van der Waals surface area contributed by atoms with E-state index in [9.17, 15) is 9.90 Å². The van der Waals surface area contributed by atoms with E-state index in [0.29, 0.717) is 18.1 Å². The molecule has 0 amide bonds. The predicted molar refractivity (Wildman–Crippen MR) is 91.3 cm³/mol. The number of carbonyl (C=O) groups is 1. The van der Waals surface area contributed by atoms with Crippen molar-refractivity contribution in [3.8, 4) is 0 Å². The van der Waals surface area contributed by atoms with Gasteiger partial charge in [-0.05, 0) is 42.7 Å². The highest BCUT2D eigenvalue weighted by molar-refractivity contribution is 5.70. The molecule has 132 valence electrons. The van der Waals surface area contributed by atoms with Gasteiger partial charge < -0.3 is 14.3 Å². The number of ether oxygens (including phenoxy) is 1. The van der Waals surface area contributed by atoms with Crippen molar-refractivity contribution in [3.05, 3.63) is 34.8 Å². The first-order valence-corrected chi connectivity index (χ1v) is 8.92. The van der Waals surface area contributed by atoms with Gasteiger partial charge in [-0.3, -0.25) is 4.79 Å². The van der Waals surface area contributed by atoms with Crippen LogP contribution in [0.25, 0.3) is 0 Å². The van der Waals surface area contributed by atoms with Gasteiger partial charge in [-0.1, -0.05) is 33.8 Å². The summed E-state index contributed by atoms with van der Waals surface area (Å²) in [7, 11) is 0. The van der Waals surface area contributed by atoms with Gasteiger partial charge in [0.1, 0.15) is 18.0 Å². The van der Waals surface area contributed by atoms with Gasteiger partial charge in [0.25, 0.3) is 0 Å². The van der Waals surface area contributed by atoms with Crippen molar-refractivity contribution >= 4 is 5.97 Å². The molecular weight excluding hydrogens is 304 g/mol. The van der Waals surface area contributed by atoms with Crippen LogP contribution in [0.3, 0.4) is 0 Å². The summed E-state index contributed by atoms with van der Waals surface area (Å²) in [5.74, 6) is 0.915. The highest BCUT2D eigenvalue weighted by Crippen LogP contribution is 2.60. The minimum absolute atomic E-state index is 0.184. The summed E-state index contributed by atoms with van der Waals surface area (Å²) in [5.41, 5.74) is 2.33. The molecule has 1 N–H and O–H groups in total. The predicted octanol–water partition coefficient (Wildman–Crippen LogP) is 4.63. The quantitative estimate of drug-likeness (QED) is 0.648. The van der Waals surface area contributed by atoms with Crippen LogP contribution >= 0.6 is 0 Å². The maximum atomic E-state index is 12.4. The van der Waals surface area contributed by atoms with Crippen molar-refractivity contribution in [2.75, 3.05) is 0 Å². The zero-order chi connectivity index (χ0) is 17.6. The van der Waals surface area contributed by atoms with E-state index < -0.39 is 17.6 Å². The maximum absolute atomic E-state index is 12.4. The van der Waals surface area contributed by atoms with E-state index in [1.807, 2.05) is 20.8 Å². The zero-order valence-corrected chi connectivity index (χ0v) is 15.3. The molecule has 0 saturated heterocycles. The standard InChI is InChI=1S/C20H28O4/c1-11(2)9-15(21)24-19-16-12(3)10-23-18(16)17(22)14-8-6-7-13(4)20(14,19)5/h8,10-11,13,17,19,22H,6-7,9H2,1-5H3. The molecule has 2 aliphatic carbocycles. The normalized spacial score (nSPS) is 32.1. The number of fused-ring (bicyclic) bond motifs is 2. The number of hydrogen-bond acceptors (Lipinski definition) is 4. The lowest BCUT2D eigenvalue weighted by molar-refractivity contribution is -0.160. The van der Waals surface area contributed by atoms with Crippen molar-refractivity contribution < 1.29 is 19.1 Å². The van der Waals surface area contributed by atoms with Crippen LogP contribution in [0.5, 0.6) is 0 Å². The molecule has 0 fully saturated rings. The van der Waals surface area contributed by atoms with Gasteiger partial charge in [0, 0.05) is 17.4 Å². The molecule has 0 saturated carbocycles. The Kier molecular flexibility index (Phi) is 4.37. The lowest BCUT2D eigenvalue weighted by Crippen LogP contribution is -2.44. The van der Waals surface area contributed by atoms with Gasteiger partial charge in [-0.15, -0.1) is 0 Å². The summed E-state index contributed by atoms with van der Waals surface area (Å²) in [4.78, 5) is 12.4. The third-order valence-corrected chi connectivity index (χ3v) is 5.84. The van der Waals surface area contributed by atoms with E-state index in [-0.39, 0.29) is 11.9 Å². The molecule has 4 unspecified atom stereocenters. The van der Waals surface area contributed by atoms with Crippen LogP contribution in [0.15, 0.2) is 22.3 Å². The van der Waals surface area contributed by atoms with Gasteiger partial charge in [0.15, 0.2) is 0 Å². The number of carbonyl (C=O) groups excluding carboxylic acids is 1. The Morgan fingerprint density at radius 2 is 2.21 bits per heavy atom. The molecule has 1 heterocycles. The molecule has 3 rings (SSSR count). The van der Waals surface area contributed by atoms with Crippen LogP contribution in [-0.4, -0.2) is 11.1 Å². The van der Waals surface area contributed by atoms with Gasteiger partial charge in [-0.25, -0.2) is 0 Å². The Balaban J connectivity index is 2.09. The number of rotatable bonds is 3. The Hall–Kier alpha value is -1.55. The minimum Gasteiger partial charge on any atom is -0.465 e. The number of aryl methyl sites for hydroxylation is 1. The molecule has 0 spiro atoms. The average Bonchev–Trinajstić information content (AvgIpc) is 2.87. The molecule has 2 aliphatic rings. The second-order valence-corrected chi connectivity index (χ2v) is 7.99. The van der Waals surface area contributed by atoms with Crippen LogP contribution in [0, 0.1) is 24.2 Å². The fraction of sp³-hybridized carbons (Fsp3) is 0.650. The molecule has 1 aromatic rings. The largest absolute Gasteiger partial charge is 0.465 e. The summed E-state index contributed by atoms with van der Waals surface area (Å²) < 4.78 is 11.6. The number of aliphatic hydroxyl groups excluding tert-OH is 1. The molecule has 0 radical (unpaired) electrons. The first-order valence-electron chi connectivity index (χ1n) is 8.92. The summed E-state index contributed by atoms with van der Waals surface area (Å²) in [6.07, 6.45) is 4.97. The van der Waals surface area contributed by atoms with E-state index in [0.717, 1.165) is 29.5 Å². The van der Waals surface area contributed by atoms with E-state index in [1.165, 1.54) is 0 Å². The lowest BCUT2D eigenvalue weighted by Gasteiger charge is -2.50. The molecule has 4 nitrogen and oxygen atoms in total. The van der Waals surface area contributed by atoms with Crippen molar-refractivity contribution in [1.29, 1.82) is 0 Å². The number of allylic oxidation sites excluding steroid dienone is 1. The number of esters is 1. The summed E-state index contributed by atoms with van der Waals surface area (Å²) in [6.45, 7) is 10.3. The fourth-order valence-corrected chi connectivity index (χ4v) is 4.27. The maximum Gasteiger partial charge on any atom is 0.306 e. The van der Waals surface area contributed by atoms with Gasteiger partial charge in [0.2, 0.25) is 0 Å². The zero-order valence-electron chi connectivity index (χ0n) is 15.3. The van der Waals surface area contributed by atoms with Crippen LogP contribution < -0.4 is 0 Å². The Bertz CT molecular complexity index is 669. The number of furan rings is 1. The summed E-state index contributed by atoms with van der Waals surface area (Å²) in [5, 5.41) is 10.8. The van der Waals surface area contributed by atoms with Crippen molar-refractivity contribution in [2.45, 2.75) is 66.1 Å². The van der Waals surface area contributed by atoms with Gasteiger partial charge >= 0.3 is 5.97 Å². The Labute approximate surface area is 143 Å². The topological polar surface area (TPSA) is 59.7 Å². The van der Waals surface area contributed by atoms with Crippen LogP contribution in [0.1, 0.15) is 76.1 Å². The van der Waals surface area contributed by atoms with Gasteiger partial charge in [0.05, 0.1) is 6.26 Å². The molecule has 24 heavy (non-hydrogen) atoms. The average molecular weight is 332 g/mol. The molecule has 0 bridgehead atoms. The molecular formula is C20H28O4. The van der Waals surface area contributed by atoms with Crippen molar-refractivity contribution in [2.24, 2.45) is 17.3 Å². The van der Waals surface area contributed by atoms with E-state index in [2.05, 4.69) is 19.9 Å². The molecule has 0 aliphatic heterocycles. The minimum atomic E-state index is -0.749. The van der Waals surface area contributed by atoms with E-state index in [1.54, 1.807) is 6.26 Å². The van der Waals surface area contributed by atoms with Crippen molar-refractivity contribution in [1.82, 2.24) is 0 Å². The SMILES string of the molecule is Cc1coc2c1C(OC(=O)CC(C)C)C1(C)C(=CCCC1C)C2O. The van der Waals surface area contributed by atoms with E-state index >= 15 is 0 Å². The smallest absolute Gasteiger partial charge is 0.306 e. The second-order valence-electron chi connectivity index (χ2n) is 7.99. The summed E-state index contributed by atoms with van der Waals surface area (Å²) >= 11 is 0. The first-order chi connectivity index (χ1) is 11.3. The highest BCUT2D eigenvalue weighted by atomic mass is 16.5. The third-order valence-electron chi connectivity index (χ3n) is 5.84. The monoisotopic (exact) mass is 332 g/mol. The molecule has 4 atom stereocenters. The molecule has 4 heteroatoms. The van der Waals surface area contributed by atoms with Crippen LogP contribution in [0.2, 0.25) is 0 Å². The lowest BCUT2D eigenvalue weighted by atomic mass is 9.58. The molecule has 1 aromatic heterocycles. The second kappa shape index (κ2) is 6.07. The van der Waals surface area contributed by atoms with Gasteiger partial charge in [-0.2, -0.15) is 0 Å². The highest BCUT2D eigenvalue weighted by Gasteiger charge is 2.54. The third kappa shape index (κ3) is 2.52. The fourth-order valence-electron chi connectivity index (χ4n) is 4.27. The van der Waals surface area contributed by atoms with Crippen molar-refractivity contribution in [3.63, 3.8) is 0 Å². The Morgan fingerprint density at radius 3 is 2.88 bits per heavy atom. The first kappa shape index (κ1) is 17.3. The number of hydrogen-bond donors (Lipinski definition) is 1.